The minimum absolute atomic E-state index is 1.52. The van der Waals surface area contributed by atoms with E-state index in [4.69, 9.17) is 4.55 Å². The summed E-state index contributed by atoms with van der Waals surface area (Å²) in [7, 11) is -5.57. The largest absolute Gasteiger partial charge is 0.301 e. The first kappa shape index (κ1) is 8.26. The number of rotatable bonds is 1. The van der Waals surface area contributed by atoms with Crippen molar-refractivity contribution in [2.75, 3.05) is 18.8 Å². The molecule has 0 spiro atoms. The van der Waals surface area contributed by atoms with E-state index in [2.05, 4.69) is 0 Å². The molecule has 0 aromatic rings. The zero-order chi connectivity index (χ0) is 7.00. The molecule has 0 fully saturated rings. The van der Waals surface area contributed by atoms with Crippen molar-refractivity contribution in [1.82, 2.24) is 0 Å². The summed E-state index contributed by atoms with van der Waals surface area (Å²) in [5, 5.41) is 0. The van der Waals surface area contributed by atoms with Crippen molar-refractivity contribution in [2.45, 2.75) is 0 Å². The van der Waals surface area contributed by atoms with Crippen molar-refractivity contribution in [3.63, 3.8) is 0 Å². The molecule has 0 aromatic carbocycles. The quantitative estimate of drug-likeness (QED) is 0.446. The van der Waals surface area contributed by atoms with Crippen LogP contribution in [0.15, 0.2) is 0 Å². The molecule has 3 nitrogen and oxygen atoms in total. The molecular formula is C3H10O3S2. The predicted molar refractivity (Wildman–Crippen MR) is 36.9 cm³/mol. The first-order chi connectivity index (χ1) is 3.25. The van der Waals surface area contributed by atoms with Gasteiger partial charge < -0.3 is 0 Å². The molecule has 0 saturated heterocycles. The van der Waals surface area contributed by atoms with E-state index >= 15 is 0 Å². The van der Waals surface area contributed by atoms with Crippen LogP contribution in [0.25, 0.3) is 0 Å². The van der Waals surface area contributed by atoms with E-state index in [-0.39, 0.29) is 0 Å². The molecule has 52 valence electrons. The maximum absolute atomic E-state index is 10.2. The Morgan fingerprint density at radius 1 is 1.12 bits per heavy atom. The summed E-state index contributed by atoms with van der Waals surface area (Å²) in [6.07, 6.45) is 4.55. The van der Waals surface area contributed by atoms with Gasteiger partial charge in [-0.1, -0.05) is 0 Å². The molecule has 5 heteroatoms. The first-order valence-corrected chi connectivity index (χ1v) is 6.72. The van der Waals surface area contributed by atoms with Gasteiger partial charge in [0.25, 0.3) is 0 Å². The Labute approximate surface area is 50.6 Å². The zero-order valence-electron chi connectivity index (χ0n) is 5.08. The maximum Gasteiger partial charge on any atom is 0.301 e. The molecule has 0 saturated carbocycles. The predicted octanol–water partition coefficient (Wildman–Crippen LogP) is 0.483. The van der Waals surface area contributed by atoms with Gasteiger partial charge in [-0.05, 0) is 18.8 Å². The van der Waals surface area contributed by atoms with Crippen molar-refractivity contribution < 1.29 is 13.0 Å². The van der Waals surface area contributed by atoms with Gasteiger partial charge in [0, 0.05) is 0 Å². The van der Waals surface area contributed by atoms with Gasteiger partial charge in [-0.25, -0.2) is 0 Å². The molecule has 0 rings (SSSR count). The SMILES string of the molecule is CS(C)(C)S(=O)(=O)O. The Morgan fingerprint density at radius 3 is 1.25 bits per heavy atom. The number of hydrogen-bond acceptors (Lipinski definition) is 2. The van der Waals surface area contributed by atoms with Crippen molar-refractivity contribution in [2.24, 2.45) is 0 Å². The highest BCUT2D eigenvalue weighted by Gasteiger charge is 2.19. The molecule has 8 heavy (non-hydrogen) atoms. The van der Waals surface area contributed by atoms with Gasteiger partial charge in [0.2, 0.25) is 0 Å². The summed E-state index contributed by atoms with van der Waals surface area (Å²) in [6.45, 7) is 0. The van der Waals surface area contributed by atoms with Crippen molar-refractivity contribution in [1.29, 1.82) is 0 Å². The van der Waals surface area contributed by atoms with Crippen LogP contribution in [0, 0.1) is 0 Å². The Hall–Kier alpha value is 0.260. The number of hydrogen-bond donors (Lipinski definition) is 1. The summed E-state index contributed by atoms with van der Waals surface area (Å²) in [6, 6.07) is 0. The van der Waals surface area contributed by atoms with Crippen LogP contribution in [0.4, 0.5) is 0 Å². The smallest absolute Gasteiger partial charge is 0.278 e. The lowest BCUT2D eigenvalue weighted by atomic mass is 11.9. The molecule has 0 atom stereocenters. The monoisotopic (exact) mass is 158 g/mol. The van der Waals surface area contributed by atoms with E-state index in [1.165, 1.54) is 18.8 Å². The van der Waals surface area contributed by atoms with Crippen LogP contribution in [0.1, 0.15) is 0 Å². The molecule has 1 N–H and O–H groups in total. The Balaban J connectivity index is 4.53. The highest BCUT2D eigenvalue weighted by Crippen LogP contribution is 2.40. The molecule has 0 heterocycles. The topological polar surface area (TPSA) is 54.4 Å². The lowest BCUT2D eigenvalue weighted by Gasteiger charge is -2.19. The second-order valence-electron chi connectivity index (χ2n) is 2.15. The van der Waals surface area contributed by atoms with E-state index < -0.39 is 18.2 Å². The normalized spacial score (nSPS) is 16.0. The second kappa shape index (κ2) is 1.89. The first-order valence-electron chi connectivity index (χ1n) is 1.91. The third-order valence-corrected chi connectivity index (χ3v) is 5.69. The minimum Gasteiger partial charge on any atom is -0.278 e. The van der Waals surface area contributed by atoms with Gasteiger partial charge in [-0.2, -0.15) is 8.42 Å². The van der Waals surface area contributed by atoms with Gasteiger partial charge in [-0.3, -0.25) is 4.55 Å². The van der Waals surface area contributed by atoms with Gasteiger partial charge in [0.1, 0.15) is 0 Å². The highest BCUT2D eigenvalue weighted by atomic mass is 33.2. The van der Waals surface area contributed by atoms with Crippen LogP contribution < -0.4 is 0 Å². The molecule has 0 aliphatic rings. The van der Waals surface area contributed by atoms with E-state index in [0.29, 0.717) is 0 Å². The second-order valence-corrected chi connectivity index (χ2v) is 10.7. The van der Waals surface area contributed by atoms with Crippen molar-refractivity contribution in [3.8, 4) is 0 Å². The summed E-state index contributed by atoms with van der Waals surface area (Å²) in [4.78, 5) is 0. The average Bonchev–Trinajstić information content (AvgIpc) is 1.25. The third-order valence-electron chi connectivity index (χ3n) is 0.632. The van der Waals surface area contributed by atoms with Crippen LogP contribution in [-0.4, -0.2) is 31.7 Å². The van der Waals surface area contributed by atoms with Crippen LogP contribution in [0.2, 0.25) is 0 Å². The fourth-order valence-electron chi connectivity index (χ4n) is 0. The summed E-state index contributed by atoms with van der Waals surface area (Å²) >= 11 is 0. The van der Waals surface area contributed by atoms with E-state index in [1.54, 1.807) is 0 Å². The fraction of sp³-hybridized carbons (Fsp3) is 1.00. The summed E-state index contributed by atoms with van der Waals surface area (Å²) < 4.78 is 28.9. The fourth-order valence-corrected chi connectivity index (χ4v) is 0. The van der Waals surface area contributed by atoms with Gasteiger partial charge >= 0.3 is 9.15 Å². The lowest BCUT2D eigenvalue weighted by molar-refractivity contribution is 0.502. The Bertz CT molecular complexity index is 161. The molecule has 0 aromatic heterocycles. The molecule has 0 unspecified atom stereocenters. The van der Waals surface area contributed by atoms with Crippen molar-refractivity contribution in [3.05, 3.63) is 0 Å². The van der Waals surface area contributed by atoms with Crippen LogP contribution >= 0.6 is 9.06 Å². The van der Waals surface area contributed by atoms with E-state index in [1.807, 2.05) is 0 Å². The highest BCUT2D eigenvalue weighted by molar-refractivity contribution is 8.87. The van der Waals surface area contributed by atoms with Crippen LogP contribution in [0.3, 0.4) is 0 Å². The molecule has 0 aliphatic carbocycles. The Kier molecular flexibility index (Phi) is 1.95. The third kappa shape index (κ3) is 2.02. The molecule has 0 bridgehead atoms. The maximum atomic E-state index is 10.2. The molecule has 0 amide bonds. The minimum atomic E-state index is -3.76. The average molecular weight is 158 g/mol. The van der Waals surface area contributed by atoms with E-state index in [9.17, 15) is 8.42 Å². The standard InChI is InChI=1S/C3H10O3S2/c1-7(2,3)8(4,5)6/h1-3H3,(H,4,5,6). The van der Waals surface area contributed by atoms with Crippen molar-refractivity contribution >= 4 is 18.2 Å². The molecular weight excluding hydrogens is 148 g/mol. The zero-order valence-corrected chi connectivity index (χ0v) is 6.71. The summed E-state index contributed by atoms with van der Waals surface area (Å²) in [5.41, 5.74) is 0. The van der Waals surface area contributed by atoms with Gasteiger partial charge in [0.05, 0.1) is 0 Å². The van der Waals surface area contributed by atoms with Crippen LogP contribution in [0.5, 0.6) is 0 Å². The van der Waals surface area contributed by atoms with Gasteiger partial charge in [-0.15, -0.1) is 9.06 Å². The molecule has 0 radical (unpaired) electrons. The van der Waals surface area contributed by atoms with Gasteiger partial charge in [0.15, 0.2) is 0 Å². The Morgan fingerprint density at radius 2 is 1.25 bits per heavy atom. The lowest BCUT2D eigenvalue weighted by Crippen LogP contribution is -2.06. The molecule has 0 aliphatic heterocycles. The summed E-state index contributed by atoms with van der Waals surface area (Å²) in [5.74, 6) is 0. The van der Waals surface area contributed by atoms with Crippen LogP contribution in [-0.2, 0) is 9.15 Å². The van der Waals surface area contributed by atoms with E-state index in [0.717, 1.165) is 0 Å².